The van der Waals surface area contributed by atoms with E-state index in [1.165, 1.54) is 11.3 Å². The van der Waals surface area contributed by atoms with Gasteiger partial charge in [0.15, 0.2) is 0 Å². The van der Waals surface area contributed by atoms with E-state index in [-0.39, 0.29) is 6.54 Å². The summed E-state index contributed by atoms with van der Waals surface area (Å²) >= 11 is 7.29. The molecule has 0 bridgehead atoms. The molecule has 7 heteroatoms. The summed E-state index contributed by atoms with van der Waals surface area (Å²) in [5, 5.41) is 3.73. The summed E-state index contributed by atoms with van der Waals surface area (Å²) in [6.45, 7) is 3.73. The zero-order valence-corrected chi connectivity index (χ0v) is 14.0. The van der Waals surface area contributed by atoms with Gasteiger partial charge in [-0.05, 0) is 30.3 Å². The van der Waals surface area contributed by atoms with Crippen LogP contribution in [0.3, 0.4) is 0 Å². The lowest BCUT2D eigenvalue weighted by Gasteiger charge is -2.06. The Hall–Kier alpha value is -0.920. The molecule has 0 aliphatic heterocycles. The predicted octanol–water partition coefficient (Wildman–Crippen LogP) is 2.99. The number of hydrogen-bond donors (Lipinski definition) is 2. The Kier molecular flexibility index (Phi) is 5.78. The minimum atomic E-state index is -3.50. The lowest BCUT2D eigenvalue weighted by Crippen LogP contribution is -2.22. The Morgan fingerprint density at radius 2 is 1.90 bits per heavy atom. The molecule has 2 rings (SSSR count). The van der Waals surface area contributed by atoms with Crippen molar-refractivity contribution in [3.05, 3.63) is 51.9 Å². The first kappa shape index (κ1) is 16.5. The summed E-state index contributed by atoms with van der Waals surface area (Å²) in [5.74, 6) is 0. The molecular formula is C14H17ClN2O2S2. The van der Waals surface area contributed by atoms with Crippen molar-refractivity contribution < 1.29 is 8.42 Å². The third-order valence-electron chi connectivity index (χ3n) is 2.86. The van der Waals surface area contributed by atoms with Gasteiger partial charge in [-0.3, -0.25) is 0 Å². The highest BCUT2D eigenvalue weighted by molar-refractivity contribution is 7.91. The zero-order chi connectivity index (χ0) is 15.3. The van der Waals surface area contributed by atoms with Crippen LogP contribution in [0.25, 0.3) is 0 Å². The molecule has 114 valence electrons. The van der Waals surface area contributed by atoms with Crippen LogP contribution in [-0.4, -0.2) is 15.0 Å². The van der Waals surface area contributed by atoms with E-state index >= 15 is 0 Å². The normalized spacial score (nSPS) is 11.7. The topological polar surface area (TPSA) is 58.2 Å². The number of halogens is 1. The Bertz CT molecular complexity index is 699. The summed E-state index contributed by atoms with van der Waals surface area (Å²) in [7, 11) is -3.50. The molecule has 21 heavy (non-hydrogen) atoms. The van der Waals surface area contributed by atoms with Crippen molar-refractivity contribution in [2.75, 3.05) is 6.54 Å². The van der Waals surface area contributed by atoms with Crippen LogP contribution in [0.4, 0.5) is 0 Å². The molecular weight excluding hydrogens is 328 g/mol. The molecule has 0 spiro atoms. The van der Waals surface area contributed by atoms with E-state index in [0.29, 0.717) is 15.8 Å². The molecule has 0 radical (unpaired) electrons. The average molecular weight is 345 g/mol. The second kappa shape index (κ2) is 7.38. The molecule has 1 heterocycles. The molecule has 0 aliphatic rings. The second-order valence-corrected chi connectivity index (χ2v) is 7.99. The van der Waals surface area contributed by atoms with Crippen LogP contribution in [-0.2, 0) is 23.1 Å². The van der Waals surface area contributed by atoms with E-state index < -0.39 is 10.0 Å². The minimum absolute atomic E-state index is 0.183. The Balaban J connectivity index is 2.05. The lowest BCUT2D eigenvalue weighted by molar-refractivity contribution is 0.583. The number of hydrogen-bond acceptors (Lipinski definition) is 4. The van der Waals surface area contributed by atoms with Gasteiger partial charge >= 0.3 is 0 Å². The van der Waals surface area contributed by atoms with Crippen LogP contribution in [0.1, 0.15) is 17.4 Å². The number of benzene rings is 1. The van der Waals surface area contributed by atoms with Crippen LogP contribution < -0.4 is 10.0 Å². The fourth-order valence-electron chi connectivity index (χ4n) is 1.73. The zero-order valence-electron chi connectivity index (χ0n) is 11.6. The first-order chi connectivity index (χ1) is 10.0. The van der Waals surface area contributed by atoms with Gasteiger partial charge in [-0.2, -0.15) is 0 Å². The van der Waals surface area contributed by atoms with Gasteiger partial charge in [0.05, 0.1) is 0 Å². The van der Waals surface area contributed by atoms with Gasteiger partial charge in [-0.1, -0.05) is 36.7 Å². The number of sulfonamides is 1. The van der Waals surface area contributed by atoms with Gasteiger partial charge in [0.2, 0.25) is 10.0 Å². The average Bonchev–Trinajstić information content (AvgIpc) is 2.94. The summed E-state index contributed by atoms with van der Waals surface area (Å²) in [6.07, 6.45) is 0. The highest BCUT2D eigenvalue weighted by atomic mass is 35.5. The number of rotatable bonds is 7. The first-order valence-electron chi connectivity index (χ1n) is 6.55. The van der Waals surface area contributed by atoms with Crippen LogP contribution in [0, 0.1) is 0 Å². The molecule has 0 saturated carbocycles. The lowest BCUT2D eigenvalue weighted by atomic mass is 10.2. The standard InChI is InChI=1S/C14H17ClN2O2S2/c1-2-16-10-12-7-8-14(20-12)21(18,19)17-9-11-5-3-4-6-13(11)15/h3-8,16-17H,2,9-10H2,1H3. The minimum Gasteiger partial charge on any atom is -0.312 e. The first-order valence-corrected chi connectivity index (χ1v) is 9.23. The molecule has 0 amide bonds. The molecule has 2 aromatic rings. The fourth-order valence-corrected chi connectivity index (χ4v) is 4.31. The van der Waals surface area contributed by atoms with Crippen LogP contribution >= 0.6 is 22.9 Å². The molecule has 0 fully saturated rings. The SMILES string of the molecule is CCNCc1ccc(S(=O)(=O)NCc2ccccc2Cl)s1. The van der Waals surface area contributed by atoms with E-state index in [1.807, 2.05) is 25.1 Å². The second-order valence-electron chi connectivity index (χ2n) is 4.42. The maximum Gasteiger partial charge on any atom is 0.250 e. The summed E-state index contributed by atoms with van der Waals surface area (Å²) < 4.78 is 27.4. The summed E-state index contributed by atoms with van der Waals surface area (Å²) in [6, 6.07) is 10.6. The smallest absolute Gasteiger partial charge is 0.250 e. The van der Waals surface area contributed by atoms with Crippen molar-refractivity contribution >= 4 is 33.0 Å². The van der Waals surface area contributed by atoms with Gasteiger partial charge in [-0.15, -0.1) is 11.3 Å². The van der Waals surface area contributed by atoms with E-state index in [1.54, 1.807) is 18.2 Å². The van der Waals surface area contributed by atoms with Gasteiger partial charge in [0.25, 0.3) is 0 Å². The van der Waals surface area contributed by atoms with E-state index in [2.05, 4.69) is 10.0 Å². The van der Waals surface area contributed by atoms with Gasteiger partial charge in [-0.25, -0.2) is 13.1 Å². The molecule has 0 saturated heterocycles. The predicted molar refractivity (Wildman–Crippen MR) is 87.2 cm³/mol. The molecule has 0 atom stereocenters. The van der Waals surface area contributed by atoms with Crippen molar-refractivity contribution in [1.29, 1.82) is 0 Å². The third-order valence-corrected chi connectivity index (χ3v) is 6.21. The van der Waals surface area contributed by atoms with E-state index in [4.69, 9.17) is 11.6 Å². The number of thiophene rings is 1. The van der Waals surface area contributed by atoms with Gasteiger partial charge in [0.1, 0.15) is 4.21 Å². The molecule has 0 unspecified atom stereocenters. The Morgan fingerprint density at radius 1 is 1.14 bits per heavy atom. The van der Waals surface area contributed by atoms with Crippen molar-refractivity contribution in [2.45, 2.75) is 24.2 Å². The van der Waals surface area contributed by atoms with Crippen molar-refractivity contribution in [3.63, 3.8) is 0 Å². The quantitative estimate of drug-likeness (QED) is 0.811. The van der Waals surface area contributed by atoms with E-state index in [0.717, 1.165) is 17.0 Å². The van der Waals surface area contributed by atoms with Crippen molar-refractivity contribution in [3.8, 4) is 0 Å². The Labute approximate surface area is 134 Å². The monoisotopic (exact) mass is 344 g/mol. The maximum atomic E-state index is 12.2. The molecule has 1 aromatic carbocycles. The van der Waals surface area contributed by atoms with Crippen molar-refractivity contribution in [2.24, 2.45) is 0 Å². The molecule has 4 nitrogen and oxygen atoms in total. The molecule has 0 aliphatic carbocycles. The highest BCUT2D eigenvalue weighted by Gasteiger charge is 2.16. The Morgan fingerprint density at radius 3 is 2.62 bits per heavy atom. The highest BCUT2D eigenvalue weighted by Crippen LogP contribution is 2.22. The van der Waals surface area contributed by atoms with Crippen LogP contribution in [0.2, 0.25) is 5.02 Å². The summed E-state index contributed by atoms with van der Waals surface area (Å²) in [5.41, 5.74) is 0.757. The third kappa shape index (κ3) is 4.52. The van der Waals surface area contributed by atoms with Crippen LogP contribution in [0.5, 0.6) is 0 Å². The van der Waals surface area contributed by atoms with Crippen LogP contribution in [0.15, 0.2) is 40.6 Å². The molecule has 2 N–H and O–H groups in total. The number of nitrogens with one attached hydrogen (secondary N) is 2. The van der Waals surface area contributed by atoms with Crippen molar-refractivity contribution in [1.82, 2.24) is 10.0 Å². The fraction of sp³-hybridized carbons (Fsp3) is 0.286. The summed E-state index contributed by atoms with van der Waals surface area (Å²) in [4.78, 5) is 0.995. The molecule has 1 aromatic heterocycles. The van der Waals surface area contributed by atoms with Gasteiger partial charge < -0.3 is 5.32 Å². The largest absolute Gasteiger partial charge is 0.312 e. The maximum absolute atomic E-state index is 12.2. The van der Waals surface area contributed by atoms with Gasteiger partial charge in [0, 0.05) is 23.0 Å². The van der Waals surface area contributed by atoms with E-state index in [9.17, 15) is 8.42 Å².